The second-order valence-electron chi connectivity index (χ2n) is 6.66. The summed E-state index contributed by atoms with van der Waals surface area (Å²) in [6.45, 7) is 0.686. The van der Waals surface area contributed by atoms with E-state index in [-0.39, 0.29) is 30.3 Å². The van der Waals surface area contributed by atoms with Crippen LogP contribution in [0.3, 0.4) is 0 Å². The van der Waals surface area contributed by atoms with E-state index >= 15 is 0 Å². The zero-order valence-corrected chi connectivity index (χ0v) is 14.0. The molecule has 0 saturated heterocycles. The molecule has 1 saturated carbocycles. The highest BCUT2D eigenvalue weighted by Crippen LogP contribution is 2.38. The van der Waals surface area contributed by atoms with Crippen LogP contribution in [0.1, 0.15) is 38.5 Å². The maximum Gasteiger partial charge on any atom is 0.220 e. The SMILES string of the molecule is NCC1(CC(=O)NCC(O)COc2ccc(F)cc2)CCCCC1. The van der Waals surface area contributed by atoms with Gasteiger partial charge in [-0.3, -0.25) is 4.79 Å². The van der Waals surface area contributed by atoms with Crippen molar-refractivity contribution < 1.29 is 19.0 Å². The number of ether oxygens (including phenoxy) is 1. The van der Waals surface area contributed by atoms with Crippen molar-refractivity contribution in [2.45, 2.75) is 44.6 Å². The van der Waals surface area contributed by atoms with Crippen LogP contribution in [0.2, 0.25) is 0 Å². The Morgan fingerprint density at radius 1 is 1.29 bits per heavy atom. The first kappa shape index (κ1) is 18.7. The number of amides is 1. The molecule has 1 aliphatic carbocycles. The van der Waals surface area contributed by atoms with E-state index in [4.69, 9.17) is 10.5 Å². The molecule has 0 aromatic heterocycles. The maximum absolute atomic E-state index is 12.8. The third kappa shape index (κ3) is 5.76. The van der Waals surface area contributed by atoms with Gasteiger partial charge in [0.2, 0.25) is 5.91 Å². The van der Waals surface area contributed by atoms with Crippen LogP contribution in [0, 0.1) is 11.2 Å². The van der Waals surface area contributed by atoms with E-state index in [9.17, 15) is 14.3 Å². The molecule has 1 aromatic carbocycles. The smallest absolute Gasteiger partial charge is 0.220 e. The molecular formula is C18H27FN2O3. The average Bonchev–Trinajstić information content (AvgIpc) is 2.60. The van der Waals surface area contributed by atoms with E-state index < -0.39 is 6.10 Å². The summed E-state index contributed by atoms with van der Waals surface area (Å²) in [5, 5.41) is 12.7. The minimum Gasteiger partial charge on any atom is -0.491 e. The predicted octanol–water partition coefficient (Wildman–Crippen LogP) is 1.98. The third-order valence-electron chi connectivity index (χ3n) is 4.67. The fourth-order valence-corrected chi connectivity index (χ4v) is 3.17. The first-order valence-corrected chi connectivity index (χ1v) is 8.56. The van der Waals surface area contributed by atoms with Crippen molar-refractivity contribution >= 4 is 5.91 Å². The Hall–Kier alpha value is -1.66. The highest BCUT2D eigenvalue weighted by molar-refractivity contribution is 5.76. The molecule has 1 unspecified atom stereocenters. The van der Waals surface area contributed by atoms with Gasteiger partial charge in [0.05, 0.1) is 0 Å². The van der Waals surface area contributed by atoms with Gasteiger partial charge in [0, 0.05) is 13.0 Å². The van der Waals surface area contributed by atoms with E-state index in [0.29, 0.717) is 18.7 Å². The molecule has 1 atom stereocenters. The lowest BCUT2D eigenvalue weighted by Gasteiger charge is -2.35. The van der Waals surface area contributed by atoms with Gasteiger partial charge in [-0.25, -0.2) is 4.39 Å². The standard InChI is InChI=1S/C18H27FN2O3/c19-14-4-6-16(7-5-14)24-12-15(22)11-21-17(23)10-18(13-20)8-2-1-3-9-18/h4-7,15,22H,1-3,8-13,20H2,(H,21,23). The van der Waals surface area contributed by atoms with Crippen molar-refractivity contribution in [3.05, 3.63) is 30.1 Å². The monoisotopic (exact) mass is 338 g/mol. The van der Waals surface area contributed by atoms with Crippen molar-refractivity contribution in [1.29, 1.82) is 0 Å². The van der Waals surface area contributed by atoms with Gasteiger partial charge in [-0.05, 0) is 49.1 Å². The molecule has 5 nitrogen and oxygen atoms in total. The Morgan fingerprint density at radius 3 is 2.58 bits per heavy atom. The number of carbonyl (C=O) groups is 1. The summed E-state index contributed by atoms with van der Waals surface area (Å²) < 4.78 is 18.1. The zero-order chi connectivity index (χ0) is 17.4. The van der Waals surface area contributed by atoms with Gasteiger partial charge in [0.1, 0.15) is 24.3 Å². The van der Waals surface area contributed by atoms with E-state index in [1.807, 2.05) is 0 Å². The molecule has 0 heterocycles. The van der Waals surface area contributed by atoms with Crippen molar-refractivity contribution in [3.63, 3.8) is 0 Å². The first-order chi connectivity index (χ1) is 11.5. The molecule has 0 aliphatic heterocycles. The van der Waals surface area contributed by atoms with Gasteiger partial charge in [-0.15, -0.1) is 0 Å². The lowest BCUT2D eigenvalue weighted by atomic mass is 9.71. The Balaban J connectivity index is 1.69. The van der Waals surface area contributed by atoms with E-state index in [2.05, 4.69) is 5.32 Å². The Kier molecular flexibility index (Phi) is 6.99. The number of hydrogen-bond acceptors (Lipinski definition) is 4. The lowest BCUT2D eigenvalue weighted by molar-refractivity contribution is -0.124. The van der Waals surface area contributed by atoms with Crippen molar-refractivity contribution in [2.24, 2.45) is 11.1 Å². The molecule has 134 valence electrons. The van der Waals surface area contributed by atoms with Crippen LogP contribution in [0.25, 0.3) is 0 Å². The number of hydrogen-bond donors (Lipinski definition) is 3. The quantitative estimate of drug-likeness (QED) is 0.677. The van der Waals surface area contributed by atoms with Crippen LogP contribution in [-0.2, 0) is 4.79 Å². The lowest BCUT2D eigenvalue weighted by Crippen LogP contribution is -2.41. The van der Waals surface area contributed by atoms with Crippen LogP contribution < -0.4 is 15.8 Å². The van der Waals surface area contributed by atoms with Crippen molar-refractivity contribution in [1.82, 2.24) is 5.32 Å². The van der Waals surface area contributed by atoms with Gasteiger partial charge in [-0.2, -0.15) is 0 Å². The van der Waals surface area contributed by atoms with Crippen LogP contribution in [0.15, 0.2) is 24.3 Å². The summed E-state index contributed by atoms with van der Waals surface area (Å²) in [5.41, 5.74) is 5.80. The highest BCUT2D eigenvalue weighted by atomic mass is 19.1. The largest absolute Gasteiger partial charge is 0.491 e. The number of benzene rings is 1. The molecule has 0 bridgehead atoms. The summed E-state index contributed by atoms with van der Waals surface area (Å²) in [5.74, 6) is 0.0564. The third-order valence-corrected chi connectivity index (χ3v) is 4.67. The normalized spacial score (nSPS) is 18.0. The number of aliphatic hydroxyl groups excluding tert-OH is 1. The topological polar surface area (TPSA) is 84.6 Å². The zero-order valence-electron chi connectivity index (χ0n) is 14.0. The minimum absolute atomic E-state index is 0.0357. The number of nitrogens with one attached hydrogen (secondary N) is 1. The second-order valence-corrected chi connectivity index (χ2v) is 6.66. The number of halogens is 1. The second kappa shape index (κ2) is 8.99. The summed E-state index contributed by atoms with van der Waals surface area (Å²) in [4.78, 5) is 12.1. The molecule has 24 heavy (non-hydrogen) atoms. The van der Waals surface area contributed by atoms with Gasteiger partial charge in [0.25, 0.3) is 0 Å². The molecule has 1 amide bonds. The van der Waals surface area contributed by atoms with Crippen LogP contribution in [0.4, 0.5) is 4.39 Å². The molecule has 1 fully saturated rings. The Morgan fingerprint density at radius 2 is 1.96 bits per heavy atom. The van der Waals surface area contributed by atoms with Gasteiger partial charge >= 0.3 is 0 Å². The van der Waals surface area contributed by atoms with Gasteiger partial charge in [0.15, 0.2) is 0 Å². The Bertz CT molecular complexity index is 516. The molecule has 4 N–H and O–H groups in total. The minimum atomic E-state index is -0.820. The molecule has 0 spiro atoms. The first-order valence-electron chi connectivity index (χ1n) is 8.56. The van der Waals surface area contributed by atoms with Crippen LogP contribution in [0.5, 0.6) is 5.75 Å². The van der Waals surface area contributed by atoms with Crippen LogP contribution in [-0.4, -0.2) is 36.8 Å². The van der Waals surface area contributed by atoms with Crippen molar-refractivity contribution in [2.75, 3.05) is 19.7 Å². The number of aliphatic hydroxyl groups is 1. The molecule has 0 radical (unpaired) electrons. The number of carbonyl (C=O) groups excluding carboxylic acids is 1. The van der Waals surface area contributed by atoms with Gasteiger partial charge < -0.3 is 20.9 Å². The summed E-state index contributed by atoms with van der Waals surface area (Å²) in [6.07, 6.45) is 5.04. The summed E-state index contributed by atoms with van der Waals surface area (Å²) in [7, 11) is 0. The number of nitrogens with two attached hydrogens (primary N) is 1. The maximum atomic E-state index is 12.8. The summed E-state index contributed by atoms with van der Waals surface area (Å²) in [6, 6.07) is 5.57. The highest BCUT2D eigenvalue weighted by Gasteiger charge is 2.32. The van der Waals surface area contributed by atoms with Gasteiger partial charge in [-0.1, -0.05) is 19.3 Å². The molecule has 1 aromatic rings. The molecule has 6 heteroatoms. The van der Waals surface area contributed by atoms with E-state index in [1.54, 1.807) is 0 Å². The Labute approximate surface area is 142 Å². The fraction of sp³-hybridized carbons (Fsp3) is 0.611. The van der Waals surface area contributed by atoms with Crippen molar-refractivity contribution in [3.8, 4) is 5.75 Å². The predicted molar refractivity (Wildman–Crippen MR) is 90.1 cm³/mol. The van der Waals surface area contributed by atoms with Crippen LogP contribution >= 0.6 is 0 Å². The average molecular weight is 338 g/mol. The number of rotatable bonds is 8. The fourth-order valence-electron chi connectivity index (χ4n) is 3.17. The van der Waals surface area contributed by atoms with E-state index in [0.717, 1.165) is 25.7 Å². The molecule has 2 rings (SSSR count). The molecular weight excluding hydrogens is 311 g/mol. The molecule has 1 aliphatic rings. The van der Waals surface area contributed by atoms with E-state index in [1.165, 1.54) is 30.7 Å². The summed E-state index contributed by atoms with van der Waals surface area (Å²) >= 11 is 0.